The van der Waals surface area contributed by atoms with E-state index in [0.29, 0.717) is 5.92 Å². The third kappa shape index (κ3) is 4.23. The van der Waals surface area contributed by atoms with E-state index >= 15 is 0 Å². The van der Waals surface area contributed by atoms with Crippen molar-refractivity contribution in [2.45, 2.75) is 45.6 Å². The molecule has 1 atom stereocenters. The lowest BCUT2D eigenvalue weighted by atomic mass is 10.0. The van der Waals surface area contributed by atoms with Crippen molar-refractivity contribution in [2.75, 3.05) is 6.54 Å². The van der Waals surface area contributed by atoms with E-state index < -0.39 is 0 Å². The molecule has 0 heterocycles. The van der Waals surface area contributed by atoms with Crippen LogP contribution in [0.25, 0.3) is 0 Å². The summed E-state index contributed by atoms with van der Waals surface area (Å²) in [5, 5.41) is 0. The van der Waals surface area contributed by atoms with Crippen molar-refractivity contribution in [3.8, 4) is 5.75 Å². The predicted octanol–water partition coefficient (Wildman–Crippen LogP) is 3.32. The molecule has 0 fully saturated rings. The number of hydrogen-bond donors (Lipinski definition) is 1. The highest BCUT2D eigenvalue weighted by Crippen LogP contribution is 2.19. The average molecular weight is 221 g/mol. The van der Waals surface area contributed by atoms with Crippen LogP contribution in [0.3, 0.4) is 0 Å². The van der Waals surface area contributed by atoms with Gasteiger partial charge >= 0.3 is 0 Å². The fraction of sp³-hybridized carbons (Fsp3) is 0.571. The number of benzene rings is 1. The molecule has 0 bridgehead atoms. The van der Waals surface area contributed by atoms with Crippen LogP contribution in [0.15, 0.2) is 24.3 Å². The molecule has 90 valence electrons. The largest absolute Gasteiger partial charge is 0.491 e. The Kier molecular flexibility index (Phi) is 5.33. The number of hydrogen-bond acceptors (Lipinski definition) is 2. The molecule has 0 radical (unpaired) electrons. The summed E-state index contributed by atoms with van der Waals surface area (Å²) in [5.74, 6) is 1.53. The van der Waals surface area contributed by atoms with Crippen LogP contribution < -0.4 is 10.5 Å². The summed E-state index contributed by atoms with van der Waals surface area (Å²) in [6.45, 7) is 7.21. The van der Waals surface area contributed by atoms with Gasteiger partial charge in [0.05, 0.1) is 6.10 Å². The Hall–Kier alpha value is -1.02. The van der Waals surface area contributed by atoms with E-state index in [4.69, 9.17) is 10.5 Å². The first-order chi connectivity index (χ1) is 7.63. The van der Waals surface area contributed by atoms with Gasteiger partial charge in [-0.3, -0.25) is 0 Å². The Bertz CT molecular complexity index is 292. The smallest absolute Gasteiger partial charge is 0.119 e. The molecule has 16 heavy (non-hydrogen) atoms. The van der Waals surface area contributed by atoms with Gasteiger partial charge in [0.25, 0.3) is 0 Å². The van der Waals surface area contributed by atoms with Gasteiger partial charge in [-0.25, -0.2) is 0 Å². The first kappa shape index (κ1) is 13.0. The molecule has 0 saturated heterocycles. The monoisotopic (exact) mass is 221 g/mol. The highest BCUT2D eigenvalue weighted by molar-refractivity contribution is 5.28. The van der Waals surface area contributed by atoms with Gasteiger partial charge in [0, 0.05) is 0 Å². The molecule has 0 spiro atoms. The fourth-order valence-electron chi connectivity index (χ4n) is 1.63. The van der Waals surface area contributed by atoms with Crippen LogP contribution in [0.5, 0.6) is 5.75 Å². The topological polar surface area (TPSA) is 35.2 Å². The maximum absolute atomic E-state index is 5.80. The van der Waals surface area contributed by atoms with Gasteiger partial charge < -0.3 is 10.5 Å². The first-order valence-electron chi connectivity index (χ1n) is 6.10. The van der Waals surface area contributed by atoms with Crippen molar-refractivity contribution in [3.63, 3.8) is 0 Å². The molecule has 1 rings (SSSR count). The SMILES string of the molecule is CC(CCCN)Oc1ccc(C(C)C)cc1. The highest BCUT2D eigenvalue weighted by atomic mass is 16.5. The summed E-state index contributed by atoms with van der Waals surface area (Å²) < 4.78 is 5.80. The van der Waals surface area contributed by atoms with E-state index in [0.717, 1.165) is 25.1 Å². The lowest BCUT2D eigenvalue weighted by Gasteiger charge is -2.15. The molecule has 0 aliphatic heterocycles. The van der Waals surface area contributed by atoms with Crippen molar-refractivity contribution in [1.82, 2.24) is 0 Å². The second kappa shape index (κ2) is 6.54. The van der Waals surface area contributed by atoms with E-state index in [1.54, 1.807) is 0 Å². The number of nitrogens with two attached hydrogens (primary N) is 1. The second-order valence-electron chi connectivity index (χ2n) is 4.58. The van der Waals surface area contributed by atoms with Gasteiger partial charge in [0.15, 0.2) is 0 Å². The Morgan fingerprint density at radius 2 is 1.75 bits per heavy atom. The molecule has 0 aliphatic rings. The second-order valence-corrected chi connectivity index (χ2v) is 4.58. The molecular formula is C14H23NO. The quantitative estimate of drug-likeness (QED) is 0.799. The minimum atomic E-state index is 0.244. The third-order valence-corrected chi connectivity index (χ3v) is 2.70. The lowest BCUT2D eigenvalue weighted by molar-refractivity contribution is 0.208. The third-order valence-electron chi connectivity index (χ3n) is 2.70. The van der Waals surface area contributed by atoms with E-state index in [-0.39, 0.29) is 6.10 Å². The molecule has 1 unspecified atom stereocenters. The summed E-state index contributed by atoms with van der Waals surface area (Å²) in [4.78, 5) is 0. The zero-order valence-electron chi connectivity index (χ0n) is 10.6. The van der Waals surface area contributed by atoms with Crippen LogP contribution in [-0.4, -0.2) is 12.6 Å². The molecular weight excluding hydrogens is 198 g/mol. The van der Waals surface area contributed by atoms with Crippen molar-refractivity contribution < 1.29 is 4.74 Å². The van der Waals surface area contributed by atoms with Crippen molar-refractivity contribution in [2.24, 2.45) is 5.73 Å². The first-order valence-corrected chi connectivity index (χ1v) is 6.10. The summed E-state index contributed by atoms with van der Waals surface area (Å²) in [6, 6.07) is 8.37. The van der Waals surface area contributed by atoms with Gasteiger partial charge in [0.2, 0.25) is 0 Å². The van der Waals surface area contributed by atoms with Gasteiger partial charge in [-0.15, -0.1) is 0 Å². The Labute approximate surface area is 98.8 Å². The van der Waals surface area contributed by atoms with Crippen LogP contribution in [0.2, 0.25) is 0 Å². The Morgan fingerprint density at radius 3 is 2.25 bits per heavy atom. The maximum Gasteiger partial charge on any atom is 0.119 e. The molecule has 0 aromatic heterocycles. The van der Waals surface area contributed by atoms with Crippen LogP contribution in [0.4, 0.5) is 0 Å². The molecule has 2 N–H and O–H groups in total. The molecule has 0 saturated carbocycles. The molecule has 2 nitrogen and oxygen atoms in total. The molecule has 1 aromatic carbocycles. The minimum Gasteiger partial charge on any atom is -0.491 e. The van der Waals surface area contributed by atoms with Gasteiger partial charge in [0.1, 0.15) is 5.75 Å². The van der Waals surface area contributed by atoms with Crippen molar-refractivity contribution >= 4 is 0 Å². The Morgan fingerprint density at radius 1 is 1.12 bits per heavy atom. The van der Waals surface area contributed by atoms with Crippen molar-refractivity contribution in [3.05, 3.63) is 29.8 Å². The van der Waals surface area contributed by atoms with Crippen LogP contribution in [0, 0.1) is 0 Å². The van der Waals surface area contributed by atoms with Crippen LogP contribution in [0.1, 0.15) is 45.1 Å². The zero-order valence-corrected chi connectivity index (χ0v) is 10.6. The molecule has 0 amide bonds. The van der Waals surface area contributed by atoms with E-state index in [9.17, 15) is 0 Å². The number of rotatable bonds is 6. The summed E-state index contributed by atoms with van der Waals surface area (Å²) >= 11 is 0. The standard InChI is InChI=1S/C14H23NO/c1-11(2)13-6-8-14(9-7-13)16-12(3)5-4-10-15/h6-9,11-12H,4-5,10,15H2,1-3H3. The van der Waals surface area contributed by atoms with Crippen LogP contribution >= 0.6 is 0 Å². The maximum atomic E-state index is 5.80. The van der Waals surface area contributed by atoms with Crippen LogP contribution in [-0.2, 0) is 0 Å². The van der Waals surface area contributed by atoms with E-state index in [1.807, 2.05) is 12.1 Å². The van der Waals surface area contributed by atoms with Gasteiger partial charge in [-0.2, -0.15) is 0 Å². The molecule has 0 aliphatic carbocycles. The van der Waals surface area contributed by atoms with E-state index in [1.165, 1.54) is 5.56 Å². The molecule has 2 heteroatoms. The lowest BCUT2D eigenvalue weighted by Crippen LogP contribution is -2.13. The Balaban J connectivity index is 2.48. The normalized spacial score (nSPS) is 12.8. The average Bonchev–Trinajstić information content (AvgIpc) is 2.27. The van der Waals surface area contributed by atoms with Crippen molar-refractivity contribution in [1.29, 1.82) is 0 Å². The summed E-state index contributed by atoms with van der Waals surface area (Å²) in [7, 11) is 0. The predicted molar refractivity (Wildman–Crippen MR) is 68.9 cm³/mol. The molecule has 1 aromatic rings. The highest BCUT2D eigenvalue weighted by Gasteiger charge is 2.04. The minimum absolute atomic E-state index is 0.244. The fourth-order valence-corrected chi connectivity index (χ4v) is 1.63. The van der Waals surface area contributed by atoms with Gasteiger partial charge in [-0.05, 0) is 49.9 Å². The summed E-state index contributed by atoms with van der Waals surface area (Å²) in [6.07, 6.45) is 2.28. The van der Waals surface area contributed by atoms with E-state index in [2.05, 4.69) is 32.9 Å². The zero-order chi connectivity index (χ0) is 12.0. The van der Waals surface area contributed by atoms with Gasteiger partial charge in [-0.1, -0.05) is 26.0 Å². The summed E-state index contributed by atoms with van der Waals surface area (Å²) in [5.41, 5.74) is 6.82. The number of ether oxygens (including phenoxy) is 1.